The standard InChI is InChI=1S/C16H19NO5/c1-4-22-13(18)6-8-15(20-2)11-5-7-16(21-3,14(15)19)12(9-11)10-17/h5-8,11-12H,4,9H2,1-3H3/b8-6+/t11-,12-,15+,16-/m1/s1. The number of nitrogens with zero attached hydrogens (tertiary/aromatic N) is 1. The van der Waals surface area contributed by atoms with Gasteiger partial charge in [0, 0.05) is 26.2 Å². The third-order valence-corrected chi connectivity index (χ3v) is 4.43. The van der Waals surface area contributed by atoms with Crippen LogP contribution in [0.25, 0.3) is 0 Å². The van der Waals surface area contributed by atoms with Gasteiger partial charge in [-0.15, -0.1) is 0 Å². The number of esters is 1. The molecule has 0 saturated heterocycles. The molecular weight excluding hydrogens is 286 g/mol. The summed E-state index contributed by atoms with van der Waals surface area (Å²) in [4.78, 5) is 24.5. The topological polar surface area (TPSA) is 85.6 Å². The number of carbonyl (C=O) groups is 2. The van der Waals surface area contributed by atoms with Crippen molar-refractivity contribution in [3.8, 4) is 6.07 Å². The first-order valence-corrected chi connectivity index (χ1v) is 7.11. The van der Waals surface area contributed by atoms with Crippen molar-refractivity contribution in [1.82, 2.24) is 0 Å². The second-order valence-electron chi connectivity index (χ2n) is 5.29. The molecule has 3 rings (SSSR count). The molecule has 6 heteroatoms. The normalized spacial score (nSPS) is 36.5. The predicted octanol–water partition coefficient (Wildman–Crippen LogP) is 1.17. The molecule has 0 aromatic carbocycles. The Hall–Kier alpha value is -1.97. The summed E-state index contributed by atoms with van der Waals surface area (Å²) in [5, 5.41) is 9.31. The van der Waals surface area contributed by atoms with Gasteiger partial charge in [0.2, 0.25) is 5.78 Å². The number of ketones is 1. The van der Waals surface area contributed by atoms with Crippen LogP contribution in [0.1, 0.15) is 13.3 Å². The molecule has 3 aliphatic carbocycles. The zero-order chi connectivity index (χ0) is 16.4. The lowest BCUT2D eigenvalue weighted by Gasteiger charge is -2.51. The summed E-state index contributed by atoms with van der Waals surface area (Å²) in [7, 11) is 2.81. The number of carbonyl (C=O) groups excluding carboxylic acids is 2. The van der Waals surface area contributed by atoms with Crippen LogP contribution in [0.2, 0.25) is 0 Å². The first kappa shape index (κ1) is 16.4. The van der Waals surface area contributed by atoms with Crippen LogP contribution in [0.4, 0.5) is 0 Å². The average Bonchev–Trinajstić information content (AvgIpc) is 2.55. The van der Waals surface area contributed by atoms with Gasteiger partial charge in [-0.25, -0.2) is 4.79 Å². The number of hydrogen-bond acceptors (Lipinski definition) is 6. The van der Waals surface area contributed by atoms with E-state index >= 15 is 0 Å². The van der Waals surface area contributed by atoms with Crippen molar-refractivity contribution < 1.29 is 23.8 Å². The Morgan fingerprint density at radius 2 is 2.23 bits per heavy atom. The van der Waals surface area contributed by atoms with Crippen molar-refractivity contribution in [3.05, 3.63) is 24.3 Å². The molecule has 0 aromatic rings. The maximum absolute atomic E-state index is 13.0. The number of nitriles is 1. The van der Waals surface area contributed by atoms with Crippen molar-refractivity contribution in [2.24, 2.45) is 11.8 Å². The number of methoxy groups -OCH3 is 2. The minimum Gasteiger partial charge on any atom is -0.463 e. The van der Waals surface area contributed by atoms with E-state index in [1.54, 1.807) is 13.0 Å². The van der Waals surface area contributed by atoms with E-state index < -0.39 is 23.1 Å². The van der Waals surface area contributed by atoms with Crippen molar-refractivity contribution in [3.63, 3.8) is 0 Å². The Labute approximate surface area is 129 Å². The first-order chi connectivity index (χ1) is 10.5. The zero-order valence-electron chi connectivity index (χ0n) is 12.9. The summed E-state index contributed by atoms with van der Waals surface area (Å²) in [6, 6.07) is 2.14. The summed E-state index contributed by atoms with van der Waals surface area (Å²) in [5.41, 5.74) is -2.65. The Morgan fingerprint density at radius 1 is 1.50 bits per heavy atom. The monoisotopic (exact) mass is 305 g/mol. The molecule has 0 heterocycles. The molecule has 2 bridgehead atoms. The SMILES string of the molecule is CCOC(=O)/C=C/[C@@]1(OC)C(=O)[C@@]2(OC)C=C[C@@H]1C[C@@H]2C#N. The van der Waals surface area contributed by atoms with E-state index in [0.717, 1.165) is 0 Å². The molecule has 0 aliphatic heterocycles. The Morgan fingerprint density at radius 3 is 2.77 bits per heavy atom. The van der Waals surface area contributed by atoms with Gasteiger partial charge in [0.15, 0.2) is 11.2 Å². The molecule has 3 aliphatic rings. The van der Waals surface area contributed by atoms with Crippen molar-refractivity contribution >= 4 is 11.8 Å². The number of rotatable bonds is 5. The molecule has 0 N–H and O–H groups in total. The van der Waals surface area contributed by atoms with E-state index in [2.05, 4.69) is 6.07 Å². The Bertz CT molecular complexity index is 576. The molecule has 6 nitrogen and oxygen atoms in total. The highest BCUT2D eigenvalue weighted by atomic mass is 16.5. The van der Waals surface area contributed by atoms with Gasteiger partial charge in [0.05, 0.1) is 18.6 Å². The quantitative estimate of drug-likeness (QED) is 0.430. The van der Waals surface area contributed by atoms with Crippen LogP contribution in [-0.2, 0) is 23.8 Å². The van der Waals surface area contributed by atoms with Gasteiger partial charge in [-0.2, -0.15) is 5.26 Å². The summed E-state index contributed by atoms with van der Waals surface area (Å²) in [6.45, 7) is 1.95. The Kier molecular flexibility index (Phi) is 4.50. The lowest BCUT2D eigenvalue weighted by molar-refractivity contribution is -0.173. The number of Topliss-reactive ketones (excluding diaryl/α,β-unsaturated/α-hetero) is 1. The highest BCUT2D eigenvalue weighted by Gasteiger charge is 2.63. The fourth-order valence-corrected chi connectivity index (χ4v) is 3.25. The van der Waals surface area contributed by atoms with Crippen LogP contribution in [-0.4, -0.2) is 43.8 Å². The molecule has 22 heavy (non-hydrogen) atoms. The van der Waals surface area contributed by atoms with Gasteiger partial charge in [-0.1, -0.05) is 6.08 Å². The highest BCUT2D eigenvalue weighted by Crippen LogP contribution is 2.50. The van der Waals surface area contributed by atoms with Crippen LogP contribution in [0, 0.1) is 23.2 Å². The molecular formula is C16H19NO5. The number of hydrogen-bond donors (Lipinski definition) is 0. The van der Waals surface area contributed by atoms with Gasteiger partial charge in [0.1, 0.15) is 0 Å². The van der Waals surface area contributed by atoms with E-state index in [-0.39, 0.29) is 18.3 Å². The van der Waals surface area contributed by atoms with Crippen LogP contribution in [0.3, 0.4) is 0 Å². The molecule has 118 valence electrons. The third-order valence-electron chi connectivity index (χ3n) is 4.43. The lowest BCUT2D eigenvalue weighted by Crippen LogP contribution is -2.66. The van der Waals surface area contributed by atoms with E-state index in [1.807, 2.05) is 6.08 Å². The predicted molar refractivity (Wildman–Crippen MR) is 76.6 cm³/mol. The molecule has 0 spiro atoms. The van der Waals surface area contributed by atoms with Gasteiger partial charge >= 0.3 is 5.97 Å². The average molecular weight is 305 g/mol. The number of ether oxygens (including phenoxy) is 3. The minimum absolute atomic E-state index is 0.249. The van der Waals surface area contributed by atoms with Crippen LogP contribution >= 0.6 is 0 Å². The van der Waals surface area contributed by atoms with Crippen LogP contribution < -0.4 is 0 Å². The van der Waals surface area contributed by atoms with Gasteiger partial charge in [0.25, 0.3) is 0 Å². The fraction of sp³-hybridized carbons (Fsp3) is 0.562. The zero-order valence-corrected chi connectivity index (χ0v) is 12.9. The number of fused-ring (bicyclic) bond motifs is 2. The lowest BCUT2D eigenvalue weighted by atomic mass is 9.58. The summed E-state index contributed by atoms with van der Waals surface area (Å²) in [5.74, 6) is -1.80. The Balaban J connectivity index is 2.43. The summed E-state index contributed by atoms with van der Waals surface area (Å²) < 4.78 is 15.7. The third kappa shape index (κ3) is 2.18. The molecule has 1 fully saturated rings. The molecule has 0 radical (unpaired) electrons. The summed E-state index contributed by atoms with van der Waals surface area (Å²) in [6.07, 6.45) is 6.49. The largest absolute Gasteiger partial charge is 0.463 e. The molecule has 4 atom stereocenters. The maximum Gasteiger partial charge on any atom is 0.330 e. The van der Waals surface area contributed by atoms with Gasteiger partial charge in [-0.05, 0) is 25.5 Å². The van der Waals surface area contributed by atoms with Crippen molar-refractivity contribution in [1.29, 1.82) is 5.26 Å². The second kappa shape index (κ2) is 6.03. The van der Waals surface area contributed by atoms with Gasteiger partial charge in [-0.3, -0.25) is 4.79 Å². The van der Waals surface area contributed by atoms with E-state index in [1.165, 1.54) is 26.4 Å². The fourth-order valence-electron chi connectivity index (χ4n) is 3.25. The highest BCUT2D eigenvalue weighted by molar-refractivity contribution is 6.02. The van der Waals surface area contributed by atoms with Crippen molar-refractivity contribution in [2.45, 2.75) is 24.5 Å². The smallest absolute Gasteiger partial charge is 0.330 e. The molecule has 0 amide bonds. The minimum atomic E-state index is -1.33. The molecule has 0 unspecified atom stereocenters. The molecule has 1 saturated carbocycles. The van der Waals surface area contributed by atoms with E-state index in [0.29, 0.717) is 6.42 Å². The maximum atomic E-state index is 13.0. The van der Waals surface area contributed by atoms with Crippen LogP contribution in [0.5, 0.6) is 0 Å². The van der Waals surface area contributed by atoms with Crippen LogP contribution in [0.15, 0.2) is 24.3 Å². The van der Waals surface area contributed by atoms with Crippen molar-refractivity contribution in [2.75, 3.05) is 20.8 Å². The summed E-state index contributed by atoms with van der Waals surface area (Å²) >= 11 is 0. The van der Waals surface area contributed by atoms with E-state index in [4.69, 9.17) is 14.2 Å². The van der Waals surface area contributed by atoms with E-state index in [9.17, 15) is 14.9 Å². The first-order valence-electron chi connectivity index (χ1n) is 7.11. The second-order valence-corrected chi connectivity index (χ2v) is 5.29. The molecule has 0 aromatic heterocycles. The van der Waals surface area contributed by atoms with Gasteiger partial charge < -0.3 is 14.2 Å².